The Labute approximate surface area is 133 Å². The second kappa shape index (κ2) is 7.47. The molecule has 0 spiro atoms. The van der Waals surface area contributed by atoms with Gasteiger partial charge in [-0.1, -0.05) is 41.9 Å². The van der Waals surface area contributed by atoms with Crippen molar-refractivity contribution in [2.75, 3.05) is 12.3 Å². The highest BCUT2D eigenvalue weighted by Gasteiger charge is 2.12. The molecule has 0 radical (unpaired) electrons. The standard InChI is InChI=1S/C16H15ClN2O3/c17-12-6-7-13(14(18)8-12)16(21)19-9-15(20)22-10-11-4-2-1-3-5-11/h1-8H,9-10,18H2,(H,19,21). The predicted octanol–water partition coefficient (Wildman–Crippen LogP) is 2.40. The number of rotatable bonds is 5. The molecule has 0 heterocycles. The average Bonchev–Trinajstić information content (AvgIpc) is 2.51. The summed E-state index contributed by atoms with van der Waals surface area (Å²) in [5.41, 5.74) is 7.10. The van der Waals surface area contributed by atoms with Crippen LogP contribution in [-0.4, -0.2) is 18.4 Å². The molecule has 2 aromatic carbocycles. The molecule has 0 aliphatic rings. The molecule has 5 nitrogen and oxygen atoms in total. The summed E-state index contributed by atoms with van der Waals surface area (Å²) >= 11 is 5.76. The van der Waals surface area contributed by atoms with E-state index in [1.54, 1.807) is 6.07 Å². The van der Waals surface area contributed by atoms with E-state index in [4.69, 9.17) is 22.1 Å². The molecule has 0 aliphatic heterocycles. The Morgan fingerprint density at radius 1 is 1.14 bits per heavy atom. The summed E-state index contributed by atoms with van der Waals surface area (Å²) in [6.45, 7) is -0.0631. The number of carbonyl (C=O) groups excluding carboxylic acids is 2. The molecule has 0 unspecified atom stereocenters. The number of ether oxygens (including phenoxy) is 1. The van der Waals surface area contributed by atoms with Crippen LogP contribution in [-0.2, 0) is 16.1 Å². The third kappa shape index (κ3) is 4.49. The molecule has 0 saturated heterocycles. The number of nitrogens with two attached hydrogens (primary N) is 1. The zero-order valence-corrected chi connectivity index (χ0v) is 12.5. The molecular formula is C16H15ClN2O3. The summed E-state index contributed by atoms with van der Waals surface area (Å²) in [4.78, 5) is 23.5. The lowest BCUT2D eigenvalue weighted by atomic mass is 10.1. The van der Waals surface area contributed by atoms with Crippen LogP contribution >= 0.6 is 11.6 Å². The Balaban J connectivity index is 1.82. The molecule has 0 fully saturated rings. The van der Waals surface area contributed by atoms with Gasteiger partial charge in [0.25, 0.3) is 5.91 Å². The van der Waals surface area contributed by atoms with E-state index in [1.165, 1.54) is 12.1 Å². The lowest BCUT2D eigenvalue weighted by molar-refractivity contribution is -0.143. The van der Waals surface area contributed by atoms with Crippen LogP contribution < -0.4 is 11.1 Å². The smallest absolute Gasteiger partial charge is 0.325 e. The summed E-state index contributed by atoms with van der Waals surface area (Å²) in [5, 5.41) is 2.90. The quantitative estimate of drug-likeness (QED) is 0.655. The molecule has 3 N–H and O–H groups in total. The third-order valence-corrected chi connectivity index (χ3v) is 3.13. The largest absolute Gasteiger partial charge is 0.460 e. The number of carbonyl (C=O) groups is 2. The number of halogens is 1. The molecule has 2 rings (SSSR count). The fourth-order valence-electron chi connectivity index (χ4n) is 1.78. The zero-order chi connectivity index (χ0) is 15.9. The molecule has 0 bridgehead atoms. The van der Waals surface area contributed by atoms with Crippen LogP contribution in [0.3, 0.4) is 0 Å². The van der Waals surface area contributed by atoms with E-state index in [0.29, 0.717) is 5.02 Å². The summed E-state index contributed by atoms with van der Waals surface area (Å²) < 4.78 is 5.06. The number of anilines is 1. The first kappa shape index (κ1) is 15.9. The Bertz CT molecular complexity index is 674. The molecular weight excluding hydrogens is 304 g/mol. The van der Waals surface area contributed by atoms with E-state index in [9.17, 15) is 9.59 Å². The number of amides is 1. The van der Waals surface area contributed by atoms with Crippen molar-refractivity contribution in [1.82, 2.24) is 5.32 Å². The van der Waals surface area contributed by atoms with Gasteiger partial charge in [0.05, 0.1) is 5.56 Å². The van der Waals surface area contributed by atoms with Crippen molar-refractivity contribution in [1.29, 1.82) is 0 Å². The Kier molecular flexibility index (Phi) is 5.38. The minimum atomic E-state index is -0.523. The van der Waals surface area contributed by atoms with Crippen molar-refractivity contribution in [3.8, 4) is 0 Å². The van der Waals surface area contributed by atoms with E-state index in [-0.39, 0.29) is 24.4 Å². The minimum absolute atomic E-state index is 0.165. The van der Waals surface area contributed by atoms with Gasteiger partial charge in [0, 0.05) is 10.7 Å². The van der Waals surface area contributed by atoms with Crippen molar-refractivity contribution in [2.24, 2.45) is 0 Å². The van der Waals surface area contributed by atoms with Gasteiger partial charge in [-0.15, -0.1) is 0 Å². The number of nitrogen functional groups attached to an aromatic ring is 1. The van der Waals surface area contributed by atoms with Gasteiger partial charge >= 0.3 is 5.97 Å². The van der Waals surface area contributed by atoms with Gasteiger partial charge in [-0.3, -0.25) is 9.59 Å². The number of nitrogens with one attached hydrogen (secondary N) is 1. The maximum atomic E-state index is 11.9. The van der Waals surface area contributed by atoms with E-state index in [0.717, 1.165) is 5.56 Å². The van der Waals surface area contributed by atoms with E-state index in [2.05, 4.69) is 5.32 Å². The van der Waals surface area contributed by atoms with E-state index < -0.39 is 11.9 Å². The van der Waals surface area contributed by atoms with Crippen LogP contribution in [0.2, 0.25) is 5.02 Å². The molecule has 114 valence electrons. The lowest BCUT2D eigenvalue weighted by Gasteiger charge is -2.08. The highest BCUT2D eigenvalue weighted by atomic mass is 35.5. The number of esters is 1. The third-order valence-electron chi connectivity index (χ3n) is 2.89. The minimum Gasteiger partial charge on any atom is -0.460 e. The van der Waals surface area contributed by atoms with Gasteiger partial charge in [-0.05, 0) is 23.8 Å². The van der Waals surface area contributed by atoms with Crippen molar-refractivity contribution in [3.05, 3.63) is 64.7 Å². The average molecular weight is 319 g/mol. The SMILES string of the molecule is Nc1cc(Cl)ccc1C(=O)NCC(=O)OCc1ccccc1. The van der Waals surface area contributed by atoms with E-state index >= 15 is 0 Å². The lowest BCUT2D eigenvalue weighted by Crippen LogP contribution is -2.31. The topological polar surface area (TPSA) is 81.4 Å². The monoisotopic (exact) mass is 318 g/mol. The van der Waals surface area contributed by atoms with Gasteiger partial charge < -0.3 is 15.8 Å². The second-order valence-electron chi connectivity index (χ2n) is 4.56. The van der Waals surface area contributed by atoms with Crippen LogP contribution in [0.4, 0.5) is 5.69 Å². The zero-order valence-electron chi connectivity index (χ0n) is 11.7. The maximum Gasteiger partial charge on any atom is 0.325 e. The van der Waals surface area contributed by atoms with Gasteiger partial charge in [-0.2, -0.15) is 0 Å². The fourth-order valence-corrected chi connectivity index (χ4v) is 1.96. The van der Waals surface area contributed by atoms with Crippen LogP contribution in [0, 0.1) is 0 Å². The molecule has 6 heteroatoms. The highest BCUT2D eigenvalue weighted by molar-refractivity contribution is 6.31. The summed E-state index contributed by atoms with van der Waals surface area (Å²) in [6.07, 6.45) is 0. The molecule has 22 heavy (non-hydrogen) atoms. The van der Waals surface area contributed by atoms with Crippen LogP contribution in [0.15, 0.2) is 48.5 Å². The Morgan fingerprint density at radius 2 is 1.86 bits per heavy atom. The highest BCUT2D eigenvalue weighted by Crippen LogP contribution is 2.17. The first-order valence-corrected chi connectivity index (χ1v) is 6.97. The maximum absolute atomic E-state index is 11.9. The van der Waals surface area contributed by atoms with E-state index in [1.807, 2.05) is 30.3 Å². The van der Waals surface area contributed by atoms with Gasteiger partial charge in [0.15, 0.2) is 0 Å². The second-order valence-corrected chi connectivity index (χ2v) is 5.00. The number of hydrogen-bond acceptors (Lipinski definition) is 4. The summed E-state index contributed by atoms with van der Waals surface area (Å²) in [5.74, 6) is -0.976. The summed E-state index contributed by atoms with van der Waals surface area (Å²) in [6, 6.07) is 13.8. The van der Waals surface area contributed by atoms with Crippen molar-refractivity contribution >= 4 is 29.2 Å². The van der Waals surface area contributed by atoms with Gasteiger partial charge in [0.2, 0.25) is 0 Å². The van der Waals surface area contributed by atoms with Crippen LogP contribution in [0.25, 0.3) is 0 Å². The van der Waals surface area contributed by atoms with Crippen molar-refractivity contribution in [2.45, 2.75) is 6.61 Å². The van der Waals surface area contributed by atoms with Crippen LogP contribution in [0.1, 0.15) is 15.9 Å². The first-order chi connectivity index (χ1) is 10.6. The van der Waals surface area contributed by atoms with Crippen molar-refractivity contribution < 1.29 is 14.3 Å². The molecule has 2 aromatic rings. The van der Waals surface area contributed by atoms with Crippen molar-refractivity contribution in [3.63, 3.8) is 0 Å². The number of hydrogen-bond donors (Lipinski definition) is 2. The molecule has 0 atom stereocenters. The Morgan fingerprint density at radius 3 is 2.55 bits per heavy atom. The predicted molar refractivity (Wildman–Crippen MR) is 84.4 cm³/mol. The molecule has 0 aliphatic carbocycles. The molecule has 0 saturated carbocycles. The molecule has 0 aromatic heterocycles. The van der Waals surface area contributed by atoms with Gasteiger partial charge in [0.1, 0.15) is 13.2 Å². The first-order valence-electron chi connectivity index (χ1n) is 6.59. The van der Waals surface area contributed by atoms with Gasteiger partial charge in [-0.25, -0.2) is 0 Å². The molecule has 1 amide bonds. The van der Waals surface area contributed by atoms with Crippen LogP contribution in [0.5, 0.6) is 0 Å². The number of benzene rings is 2. The normalized spacial score (nSPS) is 10.0. The Hall–Kier alpha value is -2.53. The fraction of sp³-hybridized carbons (Fsp3) is 0.125. The summed E-state index contributed by atoms with van der Waals surface area (Å²) in [7, 11) is 0.